The van der Waals surface area contributed by atoms with Gasteiger partial charge in [-0.25, -0.2) is 4.39 Å². The van der Waals surface area contributed by atoms with Crippen molar-refractivity contribution in [2.24, 2.45) is 0 Å². The van der Waals surface area contributed by atoms with E-state index in [0.717, 1.165) is 24.3 Å². The van der Waals surface area contributed by atoms with Crippen LogP contribution in [0.15, 0.2) is 53.7 Å². The third kappa shape index (κ3) is 4.31. The van der Waals surface area contributed by atoms with Gasteiger partial charge in [0.15, 0.2) is 5.57 Å². The van der Waals surface area contributed by atoms with E-state index in [9.17, 15) is 14.5 Å². The van der Waals surface area contributed by atoms with Crippen LogP contribution in [-0.2, 0) is 0 Å². The molecule has 0 unspecified atom stereocenters. The first-order chi connectivity index (χ1) is 12.5. The van der Waals surface area contributed by atoms with E-state index in [1.54, 1.807) is 18.2 Å². The molecule has 0 amide bonds. The van der Waals surface area contributed by atoms with Gasteiger partial charge >= 0.3 is 0 Å². The molecule has 0 aromatic heterocycles. The zero-order valence-corrected chi connectivity index (χ0v) is 12.9. The Hall–Kier alpha value is -4.42. The highest BCUT2D eigenvalue weighted by molar-refractivity contribution is 5.63. The largest absolute Gasteiger partial charge is 0.457 e. The molecule has 0 radical (unpaired) electrons. The average Bonchev–Trinajstić information content (AvgIpc) is 2.63. The minimum Gasteiger partial charge on any atom is -0.457 e. The number of nitrogens with zero attached hydrogens (tertiary/aromatic N) is 4. The maximum atomic E-state index is 12.9. The molecule has 0 bridgehead atoms. The lowest BCUT2D eigenvalue weighted by molar-refractivity contribution is -0.384. The van der Waals surface area contributed by atoms with Crippen LogP contribution in [-0.4, -0.2) is 4.92 Å². The zero-order chi connectivity index (χ0) is 19.1. The van der Waals surface area contributed by atoms with Crippen molar-refractivity contribution < 1.29 is 14.1 Å². The van der Waals surface area contributed by atoms with E-state index in [2.05, 4.69) is 5.32 Å². The van der Waals surface area contributed by atoms with Crippen LogP contribution in [0.25, 0.3) is 0 Å². The minimum atomic E-state index is -0.673. The quantitative estimate of drug-likeness (QED) is 0.493. The van der Waals surface area contributed by atoms with Gasteiger partial charge in [-0.15, -0.1) is 0 Å². The number of hydrogen-bond acceptors (Lipinski definition) is 7. The lowest BCUT2D eigenvalue weighted by Gasteiger charge is -2.09. The number of benzene rings is 2. The summed E-state index contributed by atoms with van der Waals surface area (Å²) in [5, 5.41) is 40.3. The first-order valence-electron chi connectivity index (χ1n) is 6.91. The van der Waals surface area contributed by atoms with Crippen LogP contribution in [0.2, 0.25) is 0 Å². The van der Waals surface area contributed by atoms with Crippen LogP contribution in [0.4, 0.5) is 15.8 Å². The molecular formula is C17H8FN5O3. The molecule has 2 aromatic rings. The fourth-order valence-electron chi connectivity index (χ4n) is 1.89. The third-order valence-corrected chi connectivity index (χ3v) is 3.01. The number of nitriles is 3. The number of allylic oxidation sites excluding steroid dienone is 2. The van der Waals surface area contributed by atoms with Crippen LogP contribution in [0.1, 0.15) is 0 Å². The van der Waals surface area contributed by atoms with Crippen LogP contribution in [0, 0.1) is 49.9 Å². The van der Waals surface area contributed by atoms with Crippen LogP contribution in [0.3, 0.4) is 0 Å². The molecule has 0 aliphatic carbocycles. The number of nitro benzene ring substituents is 1. The molecule has 0 aliphatic heterocycles. The fraction of sp³-hybridized carbons (Fsp3) is 0. The van der Waals surface area contributed by atoms with Gasteiger partial charge in [-0.05, 0) is 24.3 Å². The maximum Gasteiger partial charge on any atom is 0.275 e. The van der Waals surface area contributed by atoms with Crippen molar-refractivity contribution in [3.8, 4) is 29.7 Å². The van der Waals surface area contributed by atoms with E-state index in [0.29, 0.717) is 0 Å². The SMILES string of the molecule is N#CC(C#N)=C(C#N)Nc1cc(Oc2ccc(F)cc2)cc([N+](=O)[O-])c1. The molecule has 8 nitrogen and oxygen atoms in total. The van der Waals surface area contributed by atoms with Crippen LogP contribution in [0.5, 0.6) is 11.5 Å². The number of nitro groups is 1. The molecule has 0 saturated carbocycles. The van der Waals surface area contributed by atoms with Gasteiger partial charge in [0.05, 0.1) is 11.0 Å². The summed E-state index contributed by atoms with van der Waals surface area (Å²) in [6, 6.07) is 13.3. The molecule has 2 aromatic carbocycles. The summed E-state index contributed by atoms with van der Waals surface area (Å²) in [6.07, 6.45) is 0. The Bertz CT molecular complexity index is 995. The van der Waals surface area contributed by atoms with Crippen molar-refractivity contribution in [2.75, 3.05) is 5.32 Å². The molecule has 0 atom stereocenters. The van der Waals surface area contributed by atoms with E-state index >= 15 is 0 Å². The highest BCUT2D eigenvalue weighted by Crippen LogP contribution is 2.30. The summed E-state index contributed by atoms with van der Waals surface area (Å²) in [4.78, 5) is 10.4. The number of halogens is 1. The highest BCUT2D eigenvalue weighted by Gasteiger charge is 2.14. The van der Waals surface area contributed by atoms with E-state index in [4.69, 9.17) is 20.5 Å². The van der Waals surface area contributed by atoms with Crippen molar-refractivity contribution in [1.82, 2.24) is 0 Å². The first-order valence-corrected chi connectivity index (χ1v) is 6.91. The smallest absolute Gasteiger partial charge is 0.275 e. The number of anilines is 1. The van der Waals surface area contributed by atoms with E-state index in [-0.39, 0.29) is 28.6 Å². The molecule has 26 heavy (non-hydrogen) atoms. The average molecular weight is 349 g/mol. The second kappa shape index (κ2) is 7.91. The van der Waals surface area contributed by atoms with Crippen molar-refractivity contribution in [3.05, 3.63) is 69.7 Å². The van der Waals surface area contributed by atoms with Gasteiger partial charge in [-0.2, -0.15) is 15.8 Å². The Labute approximate surface area is 146 Å². The lowest BCUT2D eigenvalue weighted by Crippen LogP contribution is -2.02. The molecule has 2 rings (SSSR count). The highest BCUT2D eigenvalue weighted by atomic mass is 19.1. The molecule has 1 N–H and O–H groups in total. The summed E-state index contributed by atoms with van der Waals surface area (Å²) in [6.45, 7) is 0. The first kappa shape index (κ1) is 17.9. The lowest BCUT2D eigenvalue weighted by atomic mass is 10.2. The van der Waals surface area contributed by atoms with E-state index in [1.807, 2.05) is 0 Å². The molecule has 0 aliphatic rings. The number of rotatable bonds is 5. The van der Waals surface area contributed by atoms with Crippen molar-refractivity contribution >= 4 is 11.4 Å². The van der Waals surface area contributed by atoms with Crippen LogP contribution < -0.4 is 10.1 Å². The molecule has 0 heterocycles. The third-order valence-electron chi connectivity index (χ3n) is 3.01. The monoisotopic (exact) mass is 349 g/mol. The number of nitrogens with one attached hydrogen (secondary N) is 1. The van der Waals surface area contributed by atoms with E-state index < -0.39 is 16.3 Å². The van der Waals surface area contributed by atoms with Gasteiger partial charge in [0.25, 0.3) is 5.69 Å². The summed E-state index contributed by atoms with van der Waals surface area (Å²) in [5.74, 6) is -0.187. The van der Waals surface area contributed by atoms with Gasteiger partial charge in [-0.1, -0.05) is 0 Å². The summed E-state index contributed by atoms with van der Waals surface area (Å²) in [5.41, 5.74) is -1.11. The number of ether oxygens (including phenoxy) is 1. The van der Waals surface area contributed by atoms with Gasteiger partial charge in [0, 0.05) is 17.8 Å². The Balaban J connectivity index is 2.43. The summed E-state index contributed by atoms with van der Waals surface area (Å²) in [7, 11) is 0. The molecule has 0 spiro atoms. The summed E-state index contributed by atoms with van der Waals surface area (Å²) >= 11 is 0. The standard InChI is InChI=1S/C17H8FN5O3/c18-12-1-3-15(4-2-12)26-16-6-13(5-14(7-16)23(24)25)22-17(10-21)11(8-19)9-20/h1-7,22H. The minimum absolute atomic E-state index is 0.0427. The maximum absolute atomic E-state index is 12.9. The van der Waals surface area contributed by atoms with Crippen molar-refractivity contribution in [1.29, 1.82) is 15.8 Å². The number of hydrogen-bond donors (Lipinski definition) is 1. The fourth-order valence-corrected chi connectivity index (χ4v) is 1.89. The van der Waals surface area contributed by atoms with Gasteiger partial charge < -0.3 is 10.1 Å². The number of non-ortho nitro benzene ring substituents is 1. The topological polar surface area (TPSA) is 136 Å². The molecular weight excluding hydrogens is 341 g/mol. The predicted molar refractivity (Wildman–Crippen MR) is 87.1 cm³/mol. The molecule has 0 fully saturated rings. The van der Waals surface area contributed by atoms with Crippen LogP contribution >= 0.6 is 0 Å². The second-order valence-corrected chi connectivity index (χ2v) is 4.74. The molecule has 9 heteroatoms. The Morgan fingerprint density at radius 2 is 1.69 bits per heavy atom. The summed E-state index contributed by atoms with van der Waals surface area (Å²) < 4.78 is 18.4. The van der Waals surface area contributed by atoms with Gasteiger partial charge in [-0.3, -0.25) is 10.1 Å². The zero-order valence-electron chi connectivity index (χ0n) is 12.9. The Morgan fingerprint density at radius 3 is 2.23 bits per heavy atom. The Morgan fingerprint density at radius 1 is 1.04 bits per heavy atom. The van der Waals surface area contributed by atoms with Gasteiger partial charge in [0.2, 0.25) is 0 Å². The normalized spacial score (nSPS) is 9.15. The Kier molecular flexibility index (Phi) is 5.45. The van der Waals surface area contributed by atoms with Crippen molar-refractivity contribution in [3.63, 3.8) is 0 Å². The van der Waals surface area contributed by atoms with Gasteiger partial charge in [0.1, 0.15) is 41.2 Å². The molecule has 126 valence electrons. The molecule has 0 saturated heterocycles. The second-order valence-electron chi connectivity index (χ2n) is 4.74. The van der Waals surface area contributed by atoms with Crippen molar-refractivity contribution in [2.45, 2.75) is 0 Å². The predicted octanol–water partition coefficient (Wildman–Crippen LogP) is 3.76. The van der Waals surface area contributed by atoms with E-state index in [1.165, 1.54) is 18.2 Å².